The van der Waals surface area contributed by atoms with Gasteiger partial charge in [0.15, 0.2) is 0 Å². The molecule has 1 aromatic rings. The number of benzene rings is 1. The summed E-state index contributed by atoms with van der Waals surface area (Å²) in [5, 5.41) is 0. The molecule has 1 nitrogen and oxygen atoms in total. The van der Waals surface area contributed by atoms with Crippen LogP contribution in [0.4, 0.5) is 0 Å². The monoisotopic (exact) mass is 223 g/mol. The van der Waals surface area contributed by atoms with Crippen LogP contribution in [0.5, 0.6) is 0 Å². The van der Waals surface area contributed by atoms with Gasteiger partial charge in [0.25, 0.3) is 0 Å². The number of rotatable bonds is 3. The third-order valence-corrected chi connectivity index (χ3v) is 2.90. The van der Waals surface area contributed by atoms with E-state index in [2.05, 4.69) is 57.7 Å². The molecule has 1 atom stereocenters. The van der Waals surface area contributed by atoms with Gasteiger partial charge < -0.3 is 5.73 Å². The normalized spacial score (nSPS) is 13.9. The van der Waals surface area contributed by atoms with Gasteiger partial charge in [-0.25, -0.2) is 0 Å². The molecule has 2 N–H and O–H groups in total. The molecule has 1 rings (SSSR count). The molecular weight excluding hydrogens is 202 g/mol. The number of thiol groups is 1. The first-order valence-electron chi connectivity index (χ1n) is 5.42. The maximum atomic E-state index is 6.02. The molecule has 0 spiro atoms. The van der Waals surface area contributed by atoms with Crippen molar-refractivity contribution in [2.75, 3.05) is 5.75 Å². The average Bonchev–Trinajstić information content (AvgIpc) is 2.17. The van der Waals surface area contributed by atoms with Gasteiger partial charge >= 0.3 is 0 Å². The summed E-state index contributed by atoms with van der Waals surface area (Å²) < 4.78 is 0. The first kappa shape index (κ1) is 12.6. The van der Waals surface area contributed by atoms with Gasteiger partial charge in [-0.3, -0.25) is 0 Å². The minimum absolute atomic E-state index is 0.122. The van der Waals surface area contributed by atoms with Crippen LogP contribution in [0.25, 0.3) is 0 Å². The van der Waals surface area contributed by atoms with Gasteiger partial charge in [-0.05, 0) is 28.7 Å². The average molecular weight is 223 g/mol. The zero-order chi connectivity index (χ0) is 11.5. The molecule has 2 heteroatoms. The summed E-state index contributed by atoms with van der Waals surface area (Å²) in [5.41, 5.74) is 8.79. The Balaban J connectivity index is 2.81. The van der Waals surface area contributed by atoms with E-state index in [-0.39, 0.29) is 11.5 Å². The Bertz CT molecular complexity index is 297. The fraction of sp³-hybridized carbons (Fsp3) is 0.538. The van der Waals surface area contributed by atoms with Crippen molar-refractivity contribution in [3.63, 3.8) is 0 Å². The Kier molecular flexibility index (Phi) is 4.23. The Labute approximate surface area is 98.5 Å². The van der Waals surface area contributed by atoms with Gasteiger partial charge in [0.1, 0.15) is 0 Å². The van der Waals surface area contributed by atoms with Crippen LogP contribution in [-0.4, -0.2) is 5.75 Å². The second kappa shape index (κ2) is 5.04. The summed E-state index contributed by atoms with van der Waals surface area (Å²) in [4.78, 5) is 0. The molecule has 0 radical (unpaired) electrons. The smallest absolute Gasteiger partial charge is 0.0302 e. The van der Waals surface area contributed by atoms with Crippen molar-refractivity contribution in [2.45, 2.75) is 38.6 Å². The number of hydrogen-bond acceptors (Lipinski definition) is 2. The lowest BCUT2D eigenvalue weighted by Crippen LogP contribution is -2.13. The Morgan fingerprint density at radius 1 is 1.20 bits per heavy atom. The van der Waals surface area contributed by atoms with Crippen LogP contribution < -0.4 is 5.73 Å². The van der Waals surface area contributed by atoms with Gasteiger partial charge in [-0.2, -0.15) is 12.6 Å². The fourth-order valence-corrected chi connectivity index (χ4v) is 1.81. The van der Waals surface area contributed by atoms with Crippen LogP contribution in [0.3, 0.4) is 0 Å². The van der Waals surface area contributed by atoms with E-state index in [4.69, 9.17) is 5.73 Å². The van der Waals surface area contributed by atoms with E-state index in [1.165, 1.54) is 11.1 Å². The molecule has 0 aliphatic heterocycles. The lowest BCUT2D eigenvalue weighted by Gasteiger charge is -2.20. The zero-order valence-electron chi connectivity index (χ0n) is 9.83. The molecule has 84 valence electrons. The Morgan fingerprint density at radius 2 is 1.73 bits per heavy atom. The lowest BCUT2D eigenvalue weighted by molar-refractivity contribution is 0.589. The van der Waals surface area contributed by atoms with E-state index in [0.717, 1.165) is 12.2 Å². The molecule has 1 aromatic carbocycles. The van der Waals surface area contributed by atoms with E-state index >= 15 is 0 Å². The SMILES string of the molecule is CC(C)(C)c1ccc(C(N)CCS)cc1. The largest absolute Gasteiger partial charge is 0.324 e. The van der Waals surface area contributed by atoms with E-state index in [1.807, 2.05) is 0 Å². The summed E-state index contributed by atoms with van der Waals surface area (Å²) >= 11 is 4.20. The Hall–Kier alpha value is -0.470. The van der Waals surface area contributed by atoms with Gasteiger partial charge in [0, 0.05) is 6.04 Å². The van der Waals surface area contributed by atoms with Crippen molar-refractivity contribution in [3.05, 3.63) is 35.4 Å². The molecule has 0 saturated heterocycles. The molecule has 0 saturated carbocycles. The minimum Gasteiger partial charge on any atom is -0.324 e. The van der Waals surface area contributed by atoms with Gasteiger partial charge in [0.05, 0.1) is 0 Å². The molecule has 0 aliphatic rings. The van der Waals surface area contributed by atoms with Crippen LogP contribution >= 0.6 is 12.6 Å². The van der Waals surface area contributed by atoms with Gasteiger partial charge in [0.2, 0.25) is 0 Å². The van der Waals surface area contributed by atoms with Gasteiger partial charge in [-0.1, -0.05) is 45.0 Å². The third-order valence-electron chi connectivity index (χ3n) is 2.64. The summed E-state index contributed by atoms with van der Waals surface area (Å²) in [5.74, 6) is 0.836. The molecular formula is C13H21NS. The van der Waals surface area contributed by atoms with E-state index in [1.54, 1.807) is 0 Å². The maximum absolute atomic E-state index is 6.02. The highest BCUT2D eigenvalue weighted by atomic mass is 32.1. The molecule has 0 fully saturated rings. The first-order chi connectivity index (χ1) is 6.95. The highest BCUT2D eigenvalue weighted by Crippen LogP contribution is 2.24. The van der Waals surface area contributed by atoms with Crippen LogP contribution in [0.15, 0.2) is 24.3 Å². The molecule has 0 aromatic heterocycles. The number of nitrogens with two attached hydrogens (primary N) is 1. The van der Waals surface area contributed by atoms with Crippen molar-refractivity contribution < 1.29 is 0 Å². The second-order valence-corrected chi connectivity index (χ2v) is 5.44. The molecule has 0 bridgehead atoms. The second-order valence-electron chi connectivity index (χ2n) is 4.99. The van der Waals surface area contributed by atoms with Crippen LogP contribution in [0.1, 0.15) is 44.4 Å². The zero-order valence-corrected chi connectivity index (χ0v) is 10.7. The van der Waals surface area contributed by atoms with Crippen LogP contribution in [0.2, 0.25) is 0 Å². The van der Waals surface area contributed by atoms with E-state index in [9.17, 15) is 0 Å². The van der Waals surface area contributed by atoms with Crippen molar-refractivity contribution in [1.29, 1.82) is 0 Å². The summed E-state index contributed by atoms with van der Waals surface area (Å²) in [7, 11) is 0. The summed E-state index contributed by atoms with van der Waals surface area (Å²) in [6, 6.07) is 8.74. The minimum atomic E-state index is 0.122. The van der Waals surface area contributed by atoms with Crippen LogP contribution in [-0.2, 0) is 5.41 Å². The van der Waals surface area contributed by atoms with Crippen molar-refractivity contribution in [2.24, 2.45) is 5.73 Å². The fourth-order valence-electron chi connectivity index (χ4n) is 1.54. The van der Waals surface area contributed by atoms with Crippen molar-refractivity contribution >= 4 is 12.6 Å². The van der Waals surface area contributed by atoms with Crippen molar-refractivity contribution in [3.8, 4) is 0 Å². The predicted molar refractivity (Wildman–Crippen MR) is 70.5 cm³/mol. The highest BCUT2D eigenvalue weighted by Gasteiger charge is 2.13. The predicted octanol–water partition coefficient (Wildman–Crippen LogP) is 3.30. The van der Waals surface area contributed by atoms with E-state index < -0.39 is 0 Å². The lowest BCUT2D eigenvalue weighted by atomic mass is 9.86. The highest BCUT2D eigenvalue weighted by molar-refractivity contribution is 7.80. The number of hydrogen-bond donors (Lipinski definition) is 2. The molecule has 0 amide bonds. The molecule has 15 heavy (non-hydrogen) atoms. The standard InChI is InChI=1S/C13H21NS/c1-13(2,3)11-6-4-10(5-7-11)12(14)8-9-15/h4-7,12,15H,8-9,14H2,1-3H3. The van der Waals surface area contributed by atoms with Gasteiger partial charge in [-0.15, -0.1) is 0 Å². The maximum Gasteiger partial charge on any atom is 0.0302 e. The molecule has 0 heterocycles. The Morgan fingerprint density at radius 3 is 2.13 bits per heavy atom. The van der Waals surface area contributed by atoms with Crippen LogP contribution in [0, 0.1) is 0 Å². The molecule has 0 aliphatic carbocycles. The summed E-state index contributed by atoms with van der Waals surface area (Å²) in [6.07, 6.45) is 0.929. The third kappa shape index (κ3) is 3.54. The van der Waals surface area contributed by atoms with Crippen molar-refractivity contribution in [1.82, 2.24) is 0 Å². The molecule has 1 unspecified atom stereocenters. The topological polar surface area (TPSA) is 26.0 Å². The van der Waals surface area contributed by atoms with E-state index in [0.29, 0.717) is 0 Å². The summed E-state index contributed by atoms with van der Waals surface area (Å²) in [6.45, 7) is 6.65. The first-order valence-corrected chi connectivity index (χ1v) is 6.05. The quantitative estimate of drug-likeness (QED) is 0.756.